The van der Waals surface area contributed by atoms with Crippen molar-refractivity contribution < 1.29 is 19.1 Å². The van der Waals surface area contributed by atoms with Crippen molar-refractivity contribution in [1.29, 1.82) is 0 Å². The lowest BCUT2D eigenvalue weighted by atomic mass is 10.1. The number of fused-ring (bicyclic) bond motifs is 1. The summed E-state index contributed by atoms with van der Waals surface area (Å²) in [5.41, 5.74) is 2.49. The molecule has 0 aliphatic carbocycles. The maximum absolute atomic E-state index is 12.0. The van der Waals surface area contributed by atoms with E-state index in [1.807, 2.05) is 18.2 Å². The number of rotatable bonds is 4. The first kappa shape index (κ1) is 15.3. The van der Waals surface area contributed by atoms with Crippen molar-refractivity contribution in [3.05, 3.63) is 23.8 Å². The summed E-state index contributed by atoms with van der Waals surface area (Å²) in [5.74, 6) is -0.0279. The molecule has 3 amide bonds. The van der Waals surface area contributed by atoms with Crippen LogP contribution >= 0.6 is 0 Å². The van der Waals surface area contributed by atoms with Crippen LogP contribution in [0.1, 0.15) is 18.9 Å². The van der Waals surface area contributed by atoms with Gasteiger partial charge in [-0.25, -0.2) is 4.79 Å². The molecule has 3 rings (SSSR count). The normalized spacial score (nSPS) is 19.8. The summed E-state index contributed by atoms with van der Waals surface area (Å²) >= 11 is 0. The summed E-state index contributed by atoms with van der Waals surface area (Å²) < 4.78 is 5.28. The minimum absolute atomic E-state index is 0.0429. The predicted octanol–water partition coefficient (Wildman–Crippen LogP) is 1.06. The van der Waals surface area contributed by atoms with Gasteiger partial charge in [0.2, 0.25) is 11.8 Å². The third kappa shape index (κ3) is 2.86. The Hall–Kier alpha value is -2.57. The van der Waals surface area contributed by atoms with Crippen molar-refractivity contribution >= 4 is 29.3 Å². The number of benzene rings is 1. The molecule has 0 aromatic heterocycles. The first-order valence-electron chi connectivity index (χ1n) is 7.64. The molecule has 2 aliphatic rings. The molecule has 2 heterocycles. The van der Waals surface area contributed by atoms with E-state index in [4.69, 9.17) is 4.74 Å². The Labute approximate surface area is 134 Å². The van der Waals surface area contributed by atoms with Gasteiger partial charge in [0.05, 0.1) is 19.5 Å². The smallest absolute Gasteiger partial charge is 0.414 e. The minimum Gasteiger partial charge on any atom is -0.442 e. The topological polar surface area (TPSA) is 79.0 Å². The first-order chi connectivity index (χ1) is 11.0. The summed E-state index contributed by atoms with van der Waals surface area (Å²) in [6.45, 7) is 2.46. The van der Waals surface area contributed by atoms with Gasteiger partial charge >= 0.3 is 6.09 Å². The highest BCUT2D eigenvalue weighted by Crippen LogP contribution is 2.32. The number of cyclic esters (lactones) is 1. The van der Waals surface area contributed by atoms with Crippen molar-refractivity contribution in [2.75, 3.05) is 29.9 Å². The number of likely N-dealkylation sites (N-methyl/N-ethyl adjacent to an activating group) is 1. The zero-order valence-corrected chi connectivity index (χ0v) is 13.2. The van der Waals surface area contributed by atoms with E-state index < -0.39 is 6.09 Å². The van der Waals surface area contributed by atoms with Gasteiger partial charge in [0.15, 0.2) is 0 Å². The van der Waals surface area contributed by atoms with Crippen LogP contribution in [0.2, 0.25) is 0 Å². The number of carbonyl (C=O) groups excluding carboxylic acids is 3. The van der Waals surface area contributed by atoms with Gasteiger partial charge in [-0.15, -0.1) is 0 Å². The molecule has 0 radical (unpaired) electrons. The second-order valence-corrected chi connectivity index (χ2v) is 5.72. The van der Waals surface area contributed by atoms with Crippen LogP contribution in [0.15, 0.2) is 18.2 Å². The summed E-state index contributed by atoms with van der Waals surface area (Å²) in [5, 5.41) is 2.73. The number of hydrogen-bond donors (Lipinski definition) is 1. The Bertz CT molecular complexity index is 673. The average Bonchev–Trinajstić information content (AvgIpc) is 3.05. The molecule has 0 unspecified atom stereocenters. The molecule has 2 aliphatic heterocycles. The lowest BCUT2D eigenvalue weighted by Crippen LogP contribution is -2.34. The van der Waals surface area contributed by atoms with Crippen molar-refractivity contribution in [1.82, 2.24) is 5.32 Å². The SMILES string of the molecule is CCC(=O)NC[C@H]1CN(c2ccc3c(c2)CC(=O)N3C)C(=O)O1. The fourth-order valence-corrected chi connectivity index (χ4v) is 2.82. The third-order valence-corrected chi connectivity index (χ3v) is 4.17. The Morgan fingerprint density at radius 1 is 1.39 bits per heavy atom. The number of carbonyl (C=O) groups is 3. The lowest BCUT2D eigenvalue weighted by molar-refractivity contribution is -0.121. The van der Waals surface area contributed by atoms with Crippen LogP contribution in [0.25, 0.3) is 0 Å². The van der Waals surface area contributed by atoms with Crippen LogP contribution in [-0.4, -0.2) is 44.1 Å². The molecule has 0 bridgehead atoms. The van der Waals surface area contributed by atoms with Crippen molar-refractivity contribution in [2.45, 2.75) is 25.9 Å². The molecule has 1 aromatic rings. The van der Waals surface area contributed by atoms with E-state index in [2.05, 4.69) is 5.32 Å². The molecule has 1 N–H and O–H groups in total. The number of hydrogen-bond acceptors (Lipinski definition) is 4. The second kappa shape index (κ2) is 5.91. The molecule has 7 heteroatoms. The average molecular weight is 317 g/mol. The standard InChI is InChI=1S/C16H19N3O4/c1-3-14(20)17-8-12-9-19(16(22)23-12)11-4-5-13-10(6-11)7-15(21)18(13)2/h4-6,12H,3,7-9H2,1-2H3,(H,17,20)/t12-/m0/s1. The molecule has 1 saturated heterocycles. The molecule has 0 spiro atoms. The molecule has 1 aromatic carbocycles. The zero-order valence-electron chi connectivity index (χ0n) is 13.2. The van der Waals surface area contributed by atoms with Gasteiger partial charge in [-0.1, -0.05) is 6.92 Å². The van der Waals surface area contributed by atoms with Crippen LogP contribution < -0.4 is 15.1 Å². The Morgan fingerprint density at radius 2 is 2.17 bits per heavy atom. The van der Waals surface area contributed by atoms with Gasteiger partial charge in [0.1, 0.15) is 6.10 Å². The largest absolute Gasteiger partial charge is 0.442 e. The van der Waals surface area contributed by atoms with Crippen molar-refractivity contribution in [3.8, 4) is 0 Å². The second-order valence-electron chi connectivity index (χ2n) is 5.72. The van der Waals surface area contributed by atoms with Gasteiger partial charge in [-0.2, -0.15) is 0 Å². The predicted molar refractivity (Wildman–Crippen MR) is 84.5 cm³/mol. The van der Waals surface area contributed by atoms with E-state index in [0.29, 0.717) is 31.6 Å². The van der Waals surface area contributed by atoms with Crippen molar-refractivity contribution in [3.63, 3.8) is 0 Å². The molecule has 1 fully saturated rings. The van der Waals surface area contributed by atoms with Crippen LogP contribution in [0.5, 0.6) is 0 Å². The van der Waals surface area contributed by atoms with Gasteiger partial charge in [-0.05, 0) is 23.8 Å². The van der Waals surface area contributed by atoms with E-state index in [0.717, 1.165) is 11.3 Å². The van der Waals surface area contributed by atoms with Crippen LogP contribution in [-0.2, 0) is 20.7 Å². The summed E-state index contributed by atoms with van der Waals surface area (Å²) in [4.78, 5) is 38.2. The third-order valence-electron chi connectivity index (χ3n) is 4.17. The highest BCUT2D eigenvalue weighted by Gasteiger charge is 2.33. The van der Waals surface area contributed by atoms with Crippen LogP contribution in [0.3, 0.4) is 0 Å². The Kier molecular flexibility index (Phi) is 3.94. The van der Waals surface area contributed by atoms with E-state index in [1.165, 1.54) is 4.90 Å². The van der Waals surface area contributed by atoms with Gasteiger partial charge in [0.25, 0.3) is 0 Å². The molecule has 0 saturated carbocycles. The highest BCUT2D eigenvalue weighted by molar-refractivity contribution is 6.02. The van der Waals surface area contributed by atoms with Gasteiger partial charge in [0, 0.05) is 24.8 Å². The number of anilines is 2. The molecule has 122 valence electrons. The minimum atomic E-state index is -0.432. The van der Waals surface area contributed by atoms with Crippen molar-refractivity contribution in [2.24, 2.45) is 0 Å². The summed E-state index contributed by atoms with van der Waals surface area (Å²) in [6, 6.07) is 5.50. The molecular formula is C16H19N3O4. The number of nitrogens with zero attached hydrogens (tertiary/aromatic N) is 2. The molecular weight excluding hydrogens is 298 g/mol. The summed E-state index contributed by atoms with van der Waals surface area (Å²) in [6.07, 6.45) is -0.0519. The van der Waals surface area contributed by atoms with E-state index in [1.54, 1.807) is 18.9 Å². The summed E-state index contributed by atoms with van der Waals surface area (Å²) in [7, 11) is 1.74. The van der Waals surface area contributed by atoms with Crippen LogP contribution in [0, 0.1) is 0 Å². The van der Waals surface area contributed by atoms with Gasteiger partial charge in [-0.3, -0.25) is 14.5 Å². The molecule has 1 atom stereocenters. The first-order valence-corrected chi connectivity index (χ1v) is 7.64. The van der Waals surface area contributed by atoms with Crippen LogP contribution in [0.4, 0.5) is 16.2 Å². The Balaban J connectivity index is 1.71. The maximum atomic E-state index is 12.0. The number of nitrogens with one attached hydrogen (secondary N) is 1. The Morgan fingerprint density at radius 3 is 2.91 bits per heavy atom. The van der Waals surface area contributed by atoms with E-state index in [9.17, 15) is 14.4 Å². The maximum Gasteiger partial charge on any atom is 0.414 e. The van der Waals surface area contributed by atoms with E-state index >= 15 is 0 Å². The quantitative estimate of drug-likeness (QED) is 0.900. The van der Waals surface area contributed by atoms with E-state index in [-0.39, 0.29) is 17.9 Å². The molecule has 7 nitrogen and oxygen atoms in total. The van der Waals surface area contributed by atoms with Gasteiger partial charge < -0.3 is 15.0 Å². The zero-order chi connectivity index (χ0) is 16.6. The fraction of sp³-hybridized carbons (Fsp3) is 0.438. The lowest BCUT2D eigenvalue weighted by Gasteiger charge is -2.15. The fourth-order valence-electron chi connectivity index (χ4n) is 2.82. The number of amides is 3. The monoisotopic (exact) mass is 317 g/mol. The highest BCUT2D eigenvalue weighted by atomic mass is 16.6. The molecule has 23 heavy (non-hydrogen) atoms. The number of ether oxygens (including phenoxy) is 1.